The Hall–Kier alpha value is -3.44. The average Bonchev–Trinajstić information content (AvgIpc) is 2.80. The largest absolute Gasteiger partial charge is 0.368 e. The molecule has 0 aliphatic carbocycles. The molecule has 170 valence electrons. The van der Waals surface area contributed by atoms with Gasteiger partial charge in [-0.15, -0.1) is 0 Å². The lowest BCUT2D eigenvalue weighted by Crippen LogP contribution is -2.28. The summed E-state index contributed by atoms with van der Waals surface area (Å²) in [5, 5.41) is 18.7. The molecule has 3 N–H and O–H groups in total. The number of allylic oxidation sites excluding steroid dienone is 3. The number of nitriles is 2. The molecule has 0 bridgehead atoms. The lowest BCUT2D eigenvalue weighted by Gasteiger charge is -2.22. The number of nitrogens with one attached hydrogen (secondary N) is 1. The molecule has 0 radical (unpaired) electrons. The van der Waals surface area contributed by atoms with Crippen LogP contribution in [0.1, 0.15) is 23.6 Å². The monoisotopic (exact) mass is 456 g/mol. The van der Waals surface area contributed by atoms with E-state index >= 15 is 0 Å². The summed E-state index contributed by atoms with van der Waals surface area (Å²) in [6.07, 6.45) is 5.69. The topological polar surface area (TPSA) is 145 Å². The van der Waals surface area contributed by atoms with Crippen molar-refractivity contribution in [2.24, 2.45) is 5.73 Å². The van der Waals surface area contributed by atoms with Gasteiger partial charge in [-0.3, -0.25) is 4.79 Å². The Morgan fingerprint density at radius 3 is 2.34 bits per heavy atom. The van der Waals surface area contributed by atoms with E-state index in [1.165, 1.54) is 17.1 Å². The lowest BCUT2D eigenvalue weighted by molar-refractivity contribution is -0.116. The van der Waals surface area contributed by atoms with Gasteiger partial charge in [0.25, 0.3) is 0 Å². The van der Waals surface area contributed by atoms with Crippen molar-refractivity contribution < 1.29 is 14.4 Å². The number of likely N-dealkylation sites (N-methyl/N-ethyl adjacent to an activating group) is 1. The predicted molar refractivity (Wildman–Crippen MR) is 126 cm³/mol. The molecular weight excluding hydrogens is 428 g/mol. The second kappa shape index (κ2) is 15.4. The van der Waals surface area contributed by atoms with Gasteiger partial charge in [0.1, 0.15) is 34.5 Å². The molecule has 0 aliphatic rings. The van der Waals surface area contributed by atoms with Crippen LogP contribution in [0.4, 0.5) is 5.82 Å². The highest BCUT2D eigenvalue weighted by atomic mass is 32.2. The smallest absolute Gasteiger partial charge is 0.235 e. The predicted octanol–water partition coefficient (Wildman–Crippen LogP) is 2.03. The minimum atomic E-state index is -0.850. The summed E-state index contributed by atoms with van der Waals surface area (Å²) in [4.78, 5) is 33.2. The standard InChI is InChI=1S/C20H21N5O2S.C2H7NO/c1-5-8-13(6-2)17(18(23)27)28-20-16(12-22)14(7-3)15(11-21)19(24-20)25(4)9-10-26;1-3-4-2/h5-6,8,10,17H,1-2,7,9H2,3-4H3,(H2,23,27);3H,1-2H3/b13-8+;. The second-order valence-corrected chi connectivity index (χ2v) is 7.10. The van der Waals surface area contributed by atoms with Crippen LogP contribution in [-0.2, 0) is 20.8 Å². The van der Waals surface area contributed by atoms with Crippen molar-refractivity contribution in [1.29, 1.82) is 10.5 Å². The van der Waals surface area contributed by atoms with Gasteiger partial charge in [0.15, 0.2) is 0 Å². The van der Waals surface area contributed by atoms with Gasteiger partial charge in [-0.2, -0.15) is 10.5 Å². The third kappa shape index (κ3) is 7.67. The molecule has 0 saturated heterocycles. The van der Waals surface area contributed by atoms with E-state index in [0.29, 0.717) is 23.8 Å². The summed E-state index contributed by atoms with van der Waals surface area (Å²) >= 11 is 0.999. The maximum Gasteiger partial charge on any atom is 0.235 e. The number of aromatic nitrogens is 1. The number of pyridine rings is 1. The molecule has 0 aromatic carbocycles. The Balaban J connectivity index is 0.00000220. The average molecular weight is 457 g/mol. The highest BCUT2D eigenvalue weighted by Gasteiger charge is 2.26. The van der Waals surface area contributed by atoms with Crippen LogP contribution < -0.4 is 16.1 Å². The zero-order chi connectivity index (χ0) is 24.7. The number of nitrogens with zero attached hydrogens (tertiary/aromatic N) is 4. The number of nitrogens with two attached hydrogens (primary N) is 1. The molecule has 0 fully saturated rings. The van der Waals surface area contributed by atoms with Gasteiger partial charge >= 0.3 is 0 Å². The van der Waals surface area contributed by atoms with Crippen LogP contribution in [0.2, 0.25) is 0 Å². The molecule has 0 saturated carbocycles. The van der Waals surface area contributed by atoms with Crippen molar-refractivity contribution in [3.8, 4) is 12.1 Å². The van der Waals surface area contributed by atoms with E-state index in [1.54, 1.807) is 27.3 Å². The van der Waals surface area contributed by atoms with E-state index in [4.69, 9.17) is 5.73 Å². The Kier molecular flexibility index (Phi) is 13.7. The van der Waals surface area contributed by atoms with Gasteiger partial charge in [0.2, 0.25) is 5.91 Å². The molecule has 1 rings (SSSR count). The zero-order valence-corrected chi connectivity index (χ0v) is 19.5. The van der Waals surface area contributed by atoms with Crippen molar-refractivity contribution in [2.75, 3.05) is 32.6 Å². The first-order valence-corrected chi connectivity index (χ1v) is 10.3. The number of carbonyl (C=O) groups excluding carboxylic acids is 2. The molecule has 1 unspecified atom stereocenters. The summed E-state index contributed by atoms with van der Waals surface area (Å²) in [6.45, 7) is 9.13. The summed E-state index contributed by atoms with van der Waals surface area (Å²) in [6, 6.07) is 4.15. The van der Waals surface area contributed by atoms with E-state index in [-0.39, 0.29) is 28.5 Å². The molecule has 1 heterocycles. The van der Waals surface area contributed by atoms with Crippen molar-refractivity contribution in [1.82, 2.24) is 10.5 Å². The molecule has 0 spiro atoms. The summed E-state index contributed by atoms with van der Waals surface area (Å²) < 4.78 is 0. The fourth-order valence-electron chi connectivity index (χ4n) is 2.54. The van der Waals surface area contributed by atoms with Crippen LogP contribution in [-0.4, -0.2) is 50.2 Å². The van der Waals surface area contributed by atoms with E-state index in [0.717, 1.165) is 11.8 Å². The molecule has 1 aromatic heterocycles. The van der Waals surface area contributed by atoms with Gasteiger partial charge in [-0.25, -0.2) is 10.5 Å². The molecule has 1 atom stereocenters. The number of hydrogen-bond acceptors (Lipinski definition) is 9. The number of carbonyl (C=O) groups is 2. The summed E-state index contributed by atoms with van der Waals surface area (Å²) in [5.41, 5.74) is 9.45. The maximum atomic E-state index is 12.0. The van der Waals surface area contributed by atoms with Crippen LogP contribution in [0.25, 0.3) is 0 Å². The minimum Gasteiger partial charge on any atom is -0.368 e. The first kappa shape index (κ1) is 28.6. The first-order valence-electron chi connectivity index (χ1n) is 9.44. The van der Waals surface area contributed by atoms with Gasteiger partial charge in [-0.05, 0) is 17.6 Å². The molecule has 1 aromatic rings. The van der Waals surface area contributed by atoms with Crippen LogP contribution >= 0.6 is 11.8 Å². The highest BCUT2D eigenvalue weighted by molar-refractivity contribution is 8.00. The lowest BCUT2D eigenvalue weighted by atomic mass is 10.0. The van der Waals surface area contributed by atoms with Crippen molar-refractivity contribution in [2.45, 2.75) is 23.6 Å². The number of hydroxylamine groups is 1. The Bertz CT molecular complexity index is 944. The van der Waals surface area contributed by atoms with Crippen LogP contribution in [0.5, 0.6) is 0 Å². The Morgan fingerprint density at radius 1 is 1.38 bits per heavy atom. The van der Waals surface area contributed by atoms with Crippen molar-refractivity contribution in [3.63, 3.8) is 0 Å². The fraction of sp³-hybridized carbons (Fsp3) is 0.318. The van der Waals surface area contributed by atoms with Gasteiger partial charge < -0.3 is 20.3 Å². The Morgan fingerprint density at radius 2 is 1.97 bits per heavy atom. The number of hydrogen-bond donors (Lipinski definition) is 2. The third-order valence-electron chi connectivity index (χ3n) is 4.08. The van der Waals surface area contributed by atoms with Gasteiger partial charge in [-0.1, -0.05) is 50.1 Å². The Labute approximate surface area is 193 Å². The van der Waals surface area contributed by atoms with Gasteiger partial charge in [0.05, 0.1) is 24.8 Å². The van der Waals surface area contributed by atoms with Crippen LogP contribution in [0, 0.1) is 22.7 Å². The fourth-order valence-corrected chi connectivity index (χ4v) is 3.62. The quantitative estimate of drug-likeness (QED) is 0.221. The number of thioether (sulfide) groups is 1. The van der Waals surface area contributed by atoms with E-state index in [1.807, 2.05) is 6.92 Å². The van der Waals surface area contributed by atoms with E-state index < -0.39 is 11.2 Å². The number of anilines is 1. The molecule has 10 heteroatoms. The summed E-state index contributed by atoms with van der Waals surface area (Å²) in [7, 11) is 4.90. The molecule has 32 heavy (non-hydrogen) atoms. The van der Waals surface area contributed by atoms with Gasteiger partial charge in [0, 0.05) is 14.1 Å². The van der Waals surface area contributed by atoms with Crippen LogP contribution in [0.3, 0.4) is 0 Å². The number of primary amides is 1. The van der Waals surface area contributed by atoms with Crippen molar-refractivity contribution >= 4 is 29.8 Å². The highest BCUT2D eigenvalue weighted by Crippen LogP contribution is 2.35. The summed E-state index contributed by atoms with van der Waals surface area (Å²) in [5.74, 6) is -0.363. The molecule has 9 nitrogen and oxygen atoms in total. The maximum absolute atomic E-state index is 12.0. The second-order valence-electron chi connectivity index (χ2n) is 6.01. The molecular formula is C22H28N6O3S. The van der Waals surface area contributed by atoms with E-state index in [2.05, 4.69) is 40.6 Å². The first-order chi connectivity index (χ1) is 15.3. The van der Waals surface area contributed by atoms with E-state index in [9.17, 15) is 20.1 Å². The van der Waals surface area contributed by atoms with Crippen molar-refractivity contribution in [3.05, 3.63) is 53.6 Å². The zero-order valence-electron chi connectivity index (χ0n) is 18.7. The SMILES string of the molecule is C=C/C=C(\C=C)C(Sc1nc(N(C)CC=O)c(C#N)c(CC)c1C#N)C(N)=O.CNOC. The number of amides is 1. The minimum absolute atomic E-state index is 0.0222. The normalized spacial score (nSPS) is 11.1. The number of rotatable bonds is 11. The van der Waals surface area contributed by atoms with Crippen LogP contribution in [0.15, 0.2) is 42.0 Å². The molecule has 1 amide bonds. The third-order valence-corrected chi connectivity index (χ3v) is 5.34. The number of aldehydes is 1. The molecule has 0 aliphatic heterocycles.